The Balaban J connectivity index is 2.11. The Morgan fingerprint density at radius 3 is 3.00 bits per heavy atom. The third-order valence-electron chi connectivity index (χ3n) is 2.24. The van der Waals surface area contributed by atoms with Crippen molar-refractivity contribution in [2.45, 2.75) is 20.0 Å². The van der Waals surface area contributed by atoms with Crippen molar-refractivity contribution in [3.05, 3.63) is 29.0 Å². The van der Waals surface area contributed by atoms with E-state index in [2.05, 4.69) is 10.1 Å². The average Bonchev–Trinajstić information content (AvgIpc) is 2.82. The lowest BCUT2D eigenvalue weighted by Gasteiger charge is -1.98. The summed E-state index contributed by atoms with van der Waals surface area (Å²) in [4.78, 5) is 4.18. The summed E-state index contributed by atoms with van der Waals surface area (Å²) in [5, 5.41) is 13.4. The second-order valence-electron chi connectivity index (χ2n) is 3.73. The molecule has 0 amide bonds. The highest BCUT2D eigenvalue weighted by Gasteiger charge is 2.10. The van der Waals surface area contributed by atoms with Gasteiger partial charge in [-0.25, -0.2) is 0 Å². The SMILES string of the molecule is CCCOCc1noc(-c2ccc(O)c(Cl)c2)n1. The normalized spacial score (nSPS) is 10.8. The molecule has 96 valence electrons. The van der Waals surface area contributed by atoms with Crippen molar-refractivity contribution >= 4 is 11.6 Å². The second-order valence-corrected chi connectivity index (χ2v) is 4.14. The second kappa shape index (κ2) is 5.84. The summed E-state index contributed by atoms with van der Waals surface area (Å²) in [6.45, 7) is 3.01. The van der Waals surface area contributed by atoms with Crippen LogP contribution in [0.5, 0.6) is 5.75 Å². The van der Waals surface area contributed by atoms with Gasteiger partial charge in [0.2, 0.25) is 0 Å². The molecule has 5 nitrogen and oxygen atoms in total. The van der Waals surface area contributed by atoms with Gasteiger partial charge in [-0.1, -0.05) is 23.7 Å². The van der Waals surface area contributed by atoms with Gasteiger partial charge >= 0.3 is 0 Å². The molecule has 1 heterocycles. The Bertz CT molecular complexity index is 528. The summed E-state index contributed by atoms with van der Waals surface area (Å²) in [6.07, 6.45) is 0.943. The quantitative estimate of drug-likeness (QED) is 0.844. The van der Waals surface area contributed by atoms with E-state index in [4.69, 9.17) is 20.9 Å². The molecule has 0 atom stereocenters. The maximum atomic E-state index is 9.32. The Hall–Kier alpha value is -1.59. The largest absolute Gasteiger partial charge is 0.506 e. The van der Waals surface area contributed by atoms with Gasteiger partial charge < -0.3 is 14.4 Å². The van der Waals surface area contributed by atoms with E-state index in [9.17, 15) is 5.11 Å². The average molecular weight is 269 g/mol. The zero-order valence-corrected chi connectivity index (χ0v) is 10.6. The topological polar surface area (TPSA) is 68.4 Å². The van der Waals surface area contributed by atoms with Crippen molar-refractivity contribution in [1.29, 1.82) is 0 Å². The first-order chi connectivity index (χ1) is 8.70. The molecule has 0 aliphatic rings. The van der Waals surface area contributed by atoms with Gasteiger partial charge in [-0.2, -0.15) is 4.98 Å². The smallest absolute Gasteiger partial charge is 0.258 e. The van der Waals surface area contributed by atoms with E-state index in [1.807, 2.05) is 6.92 Å². The lowest BCUT2D eigenvalue weighted by atomic mass is 10.2. The molecule has 18 heavy (non-hydrogen) atoms. The van der Waals surface area contributed by atoms with Crippen LogP contribution in [0.3, 0.4) is 0 Å². The monoisotopic (exact) mass is 268 g/mol. The number of phenols is 1. The summed E-state index contributed by atoms with van der Waals surface area (Å²) in [5.41, 5.74) is 0.659. The molecule has 0 spiro atoms. The van der Waals surface area contributed by atoms with Crippen LogP contribution in [0, 0.1) is 0 Å². The summed E-state index contributed by atoms with van der Waals surface area (Å²) >= 11 is 5.81. The zero-order valence-electron chi connectivity index (χ0n) is 9.89. The lowest BCUT2D eigenvalue weighted by molar-refractivity contribution is 0.114. The van der Waals surface area contributed by atoms with Gasteiger partial charge in [0.15, 0.2) is 5.82 Å². The third-order valence-corrected chi connectivity index (χ3v) is 2.55. The number of aromatic hydroxyl groups is 1. The highest BCUT2D eigenvalue weighted by Crippen LogP contribution is 2.28. The number of hydrogen-bond acceptors (Lipinski definition) is 5. The number of aromatic nitrogens is 2. The van der Waals surface area contributed by atoms with Crippen LogP contribution < -0.4 is 0 Å². The van der Waals surface area contributed by atoms with E-state index in [0.29, 0.717) is 30.5 Å². The number of rotatable bonds is 5. The molecule has 1 N–H and O–H groups in total. The maximum absolute atomic E-state index is 9.32. The van der Waals surface area contributed by atoms with Gasteiger partial charge in [0.25, 0.3) is 5.89 Å². The molecule has 2 aromatic rings. The van der Waals surface area contributed by atoms with E-state index in [1.54, 1.807) is 12.1 Å². The van der Waals surface area contributed by atoms with Crippen LogP contribution in [0.4, 0.5) is 0 Å². The molecule has 2 rings (SSSR count). The van der Waals surface area contributed by atoms with Gasteiger partial charge in [0.05, 0.1) is 5.02 Å². The van der Waals surface area contributed by atoms with Crippen LogP contribution in [0.15, 0.2) is 22.7 Å². The predicted octanol–water partition coefficient (Wildman–Crippen LogP) is 3.02. The van der Waals surface area contributed by atoms with Gasteiger partial charge in [0.1, 0.15) is 12.4 Å². The van der Waals surface area contributed by atoms with Crippen LogP contribution in [-0.2, 0) is 11.3 Å². The molecule has 0 bridgehead atoms. The molecular formula is C12H13ClN2O3. The Kier molecular flexibility index (Phi) is 4.17. The highest BCUT2D eigenvalue weighted by atomic mass is 35.5. The summed E-state index contributed by atoms with van der Waals surface area (Å²) in [7, 11) is 0. The molecular weight excluding hydrogens is 256 g/mol. The van der Waals surface area contributed by atoms with Gasteiger partial charge in [-0.05, 0) is 24.6 Å². The molecule has 6 heteroatoms. The molecule has 0 saturated carbocycles. The fraction of sp³-hybridized carbons (Fsp3) is 0.333. The Morgan fingerprint density at radius 2 is 2.28 bits per heavy atom. The van der Waals surface area contributed by atoms with Crippen molar-refractivity contribution in [1.82, 2.24) is 10.1 Å². The molecule has 0 fully saturated rings. The van der Waals surface area contributed by atoms with Crippen LogP contribution in [0.25, 0.3) is 11.5 Å². The van der Waals surface area contributed by atoms with Crippen molar-refractivity contribution < 1.29 is 14.4 Å². The molecule has 0 unspecified atom stereocenters. The predicted molar refractivity (Wildman–Crippen MR) is 66.4 cm³/mol. The number of ether oxygens (including phenoxy) is 1. The van der Waals surface area contributed by atoms with Gasteiger partial charge in [-0.3, -0.25) is 0 Å². The number of phenolic OH excluding ortho intramolecular Hbond substituents is 1. The zero-order chi connectivity index (χ0) is 13.0. The molecule has 0 saturated heterocycles. The Morgan fingerprint density at radius 1 is 1.44 bits per heavy atom. The minimum absolute atomic E-state index is 0.0198. The minimum Gasteiger partial charge on any atom is -0.506 e. The molecule has 0 aliphatic heterocycles. The van der Waals surface area contributed by atoms with E-state index < -0.39 is 0 Å². The summed E-state index contributed by atoms with van der Waals surface area (Å²) in [6, 6.07) is 4.71. The van der Waals surface area contributed by atoms with Gasteiger partial charge in [-0.15, -0.1) is 0 Å². The van der Waals surface area contributed by atoms with E-state index in [1.165, 1.54) is 6.07 Å². The summed E-state index contributed by atoms with van der Waals surface area (Å²) < 4.78 is 10.4. The number of halogens is 1. The fourth-order valence-corrected chi connectivity index (χ4v) is 1.56. The van der Waals surface area contributed by atoms with Crippen LogP contribution in [-0.4, -0.2) is 21.9 Å². The van der Waals surface area contributed by atoms with Gasteiger partial charge in [0, 0.05) is 12.2 Å². The first kappa shape index (κ1) is 12.9. The fourth-order valence-electron chi connectivity index (χ4n) is 1.38. The van der Waals surface area contributed by atoms with E-state index >= 15 is 0 Å². The number of benzene rings is 1. The van der Waals surface area contributed by atoms with E-state index in [0.717, 1.165) is 6.42 Å². The molecule has 1 aromatic carbocycles. The Labute approximate surface area is 109 Å². The molecule has 1 aromatic heterocycles. The minimum atomic E-state index is 0.0198. The standard InChI is InChI=1S/C12H13ClN2O3/c1-2-5-17-7-11-14-12(18-15-11)8-3-4-10(16)9(13)6-8/h3-4,6,16H,2,5,7H2,1H3. The van der Waals surface area contributed by atoms with Crippen molar-refractivity contribution in [3.63, 3.8) is 0 Å². The first-order valence-corrected chi connectivity index (χ1v) is 5.97. The summed E-state index contributed by atoms with van der Waals surface area (Å²) in [5.74, 6) is 0.862. The number of hydrogen-bond donors (Lipinski definition) is 1. The van der Waals surface area contributed by atoms with Crippen molar-refractivity contribution in [2.75, 3.05) is 6.61 Å². The van der Waals surface area contributed by atoms with Crippen molar-refractivity contribution in [2.24, 2.45) is 0 Å². The number of nitrogens with zero attached hydrogens (tertiary/aromatic N) is 2. The van der Waals surface area contributed by atoms with Crippen LogP contribution in [0.2, 0.25) is 5.02 Å². The molecule has 0 aliphatic carbocycles. The third kappa shape index (κ3) is 3.00. The maximum Gasteiger partial charge on any atom is 0.258 e. The van der Waals surface area contributed by atoms with Crippen molar-refractivity contribution in [3.8, 4) is 17.2 Å². The van der Waals surface area contributed by atoms with Crippen LogP contribution in [0.1, 0.15) is 19.2 Å². The van der Waals surface area contributed by atoms with E-state index in [-0.39, 0.29) is 10.8 Å². The highest BCUT2D eigenvalue weighted by molar-refractivity contribution is 6.32. The molecule has 0 radical (unpaired) electrons. The first-order valence-electron chi connectivity index (χ1n) is 5.60. The lowest BCUT2D eigenvalue weighted by Crippen LogP contribution is -1.95. The van der Waals surface area contributed by atoms with Crippen LogP contribution >= 0.6 is 11.6 Å².